The van der Waals surface area contributed by atoms with Crippen LogP contribution >= 0.6 is 0 Å². The first-order chi connectivity index (χ1) is 10.7. The topological polar surface area (TPSA) is 50.8 Å². The van der Waals surface area contributed by atoms with Crippen molar-refractivity contribution in [2.24, 2.45) is 0 Å². The van der Waals surface area contributed by atoms with E-state index in [4.69, 9.17) is 9.47 Å². The monoisotopic (exact) mass is 306 g/mol. The third-order valence-corrected chi connectivity index (χ3v) is 3.85. The number of nitrogens with zero attached hydrogens (tertiary/aromatic N) is 1. The van der Waals surface area contributed by atoms with Gasteiger partial charge in [0.2, 0.25) is 0 Å². The highest BCUT2D eigenvalue weighted by atomic mass is 16.5. The summed E-state index contributed by atoms with van der Waals surface area (Å²) in [6.45, 7) is 4.65. The summed E-state index contributed by atoms with van der Waals surface area (Å²) in [5, 5.41) is 2.92. The molecule has 122 valence electrons. The van der Waals surface area contributed by atoms with Gasteiger partial charge in [-0.15, -0.1) is 0 Å². The lowest BCUT2D eigenvalue weighted by molar-refractivity contribution is 0.196. The van der Waals surface area contributed by atoms with Gasteiger partial charge in [-0.3, -0.25) is 0 Å². The number of hydrogen-bond donors (Lipinski definition) is 1. The quantitative estimate of drug-likeness (QED) is 0.851. The number of carbonyl (C=O) groups is 1. The molecule has 1 fully saturated rings. The molecule has 2 rings (SSSR count). The first-order valence-electron chi connectivity index (χ1n) is 8.01. The molecular formula is C17H26N2O3. The normalized spacial score (nSPS) is 15.1. The lowest BCUT2D eigenvalue weighted by atomic mass is 10.2. The van der Waals surface area contributed by atoms with E-state index in [-0.39, 0.29) is 6.03 Å². The fourth-order valence-electron chi connectivity index (χ4n) is 2.60. The number of hydrogen-bond acceptors (Lipinski definition) is 3. The van der Waals surface area contributed by atoms with Gasteiger partial charge in [-0.25, -0.2) is 4.79 Å². The second kappa shape index (κ2) is 8.51. The Morgan fingerprint density at radius 3 is 2.59 bits per heavy atom. The van der Waals surface area contributed by atoms with Crippen LogP contribution in [0, 0.1) is 6.92 Å². The summed E-state index contributed by atoms with van der Waals surface area (Å²) in [5.41, 5.74) is 1.12. The van der Waals surface area contributed by atoms with Crippen LogP contribution in [0.1, 0.15) is 31.2 Å². The Morgan fingerprint density at radius 2 is 1.91 bits per heavy atom. The number of ether oxygens (including phenoxy) is 2. The number of amides is 2. The maximum atomic E-state index is 12.1. The number of methoxy groups -OCH3 is 1. The Hall–Kier alpha value is -1.91. The van der Waals surface area contributed by atoms with Crippen LogP contribution in [0.3, 0.4) is 0 Å². The lowest BCUT2D eigenvalue weighted by Gasteiger charge is -2.20. The zero-order chi connectivity index (χ0) is 15.8. The Kier molecular flexibility index (Phi) is 6.37. The molecule has 0 bridgehead atoms. The van der Waals surface area contributed by atoms with E-state index in [1.807, 2.05) is 30.0 Å². The van der Waals surface area contributed by atoms with Gasteiger partial charge in [-0.2, -0.15) is 0 Å². The van der Waals surface area contributed by atoms with Crippen LogP contribution in [0.4, 0.5) is 4.79 Å². The highest BCUT2D eigenvalue weighted by Crippen LogP contribution is 2.27. The van der Waals surface area contributed by atoms with E-state index in [0.717, 1.165) is 37.2 Å². The van der Waals surface area contributed by atoms with Crippen molar-refractivity contribution in [2.75, 3.05) is 33.4 Å². The number of carbonyl (C=O) groups excluding carboxylic acids is 1. The van der Waals surface area contributed by atoms with Crippen molar-refractivity contribution in [3.05, 3.63) is 23.8 Å². The average Bonchev–Trinajstić information content (AvgIpc) is 2.81. The summed E-state index contributed by atoms with van der Waals surface area (Å²) in [4.78, 5) is 14.0. The number of urea groups is 1. The summed E-state index contributed by atoms with van der Waals surface area (Å²) < 4.78 is 11.0. The van der Waals surface area contributed by atoms with Gasteiger partial charge < -0.3 is 19.7 Å². The van der Waals surface area contributed by atoms with Gasteiger partial charge in [0.15, 0.2) is 11.5 Å². The second-order valence-electron chi connectivity index (χ2n) is 5.64. The number of benzene rings is 1. The van der Waals surface area contributed by atoms with Gasteiger partial charge in [-0.1, -0.05) is 18.9 Å². The molecule has 1 N–H and O–H groups in total. The molecule has 0 aromatic heterocycles. The van der Waals surface area contributed by atoms with Gasteiger partial charge in [0.1, 0.15) is 6.61 Å². The van der Waals surface area contributed by atoms with Crippen LogP contribution in [0.15, 0.2) is 18.2 Å². The largest absolute Gasteiger partial charge is 0.493 e. The van der Waals surface area contributed by atoms with E-state index in [2.05, 4.69) is 5.32 Å². The minimum Gasteiger partial charge on any atom is -0.493 e. The lowest BCUT2D eigenvalue weighted by Crippen LogP contribution is -2.41. The third kappa shape index (κ3) is 4.83. The van der Waals surface area contributed by atoms with Crippen LogP contribution in [-0.4, -0.2) is 44.3 Å². The van der Waals surface area contributed by atoms with Crippen molar-refractivity contribution in [1.29, 1.82) is 0 Å². The molecule has 5 heteroatoms. The van der Waals surface area contributed by atoms with Gasteiger partial charge in [0.25, 0.3) is 0 Å². The van der Waals surface area contributed by atoms with Crippen LogP contribution in [0.5, 0.6) is 11.5 Å². The Morgan fingerprint density at radius 1 is 1.18 bits per heavy atom. The fourth-order valence-corrected chi connectivity index (χ4v) is 2.60. The van der Waals surface area contributed by atoms with Crippen LogP contribution in [0.2, 0.25) is 0 Å². The fraction of sp³-hybridized carbons (Fsp3) is 0.588. The Balaban J connectivity index is 1.73. The summed E-state index contributed by atoms with van der Waals surface area (Å²) in [7, 11) is 1.63. The van der Waals surface area contributed by atoms with Crippen molar-refractivity contribution in [2.45, 2.75) is 32.6 Å². The van der Waals surface area contributed by atoms with E-state index in [1.54, 1.807) is 7.11 Å². The van der Waals surface area contributed by atoms with E-state index in [9.17, 15) is 4.79 Å². The molecule has 0 spiro atoms. The Labute approximate surface area is 132 Å². The first-order valence-corrected chi connectivity index (χ1v) is 8.01. The molecular weight excluding hydrogens is 280 g/mol. The van der Waals surface area contributed by atoms with Crippen molar-refractivity contribution in [3.63, 3.8) is 0 Å². The molecule has 1 heterocycles. The van der Waals surface area contributed by atoms with Gasteiger partial charge in [0.05, 0.1) is 13.7 Å². The van der Waals surface area contributed by atoms with Crippen LogP contribution in [0.25, 0.3) is 0 Å². The summed E-state index contributed by atoms with van der Waals surface area (Å²) in [5.74, 6) is 1.43. The van der Waals surface area contributed by atoms with E-state index in [0.29, 0.717) is 18.9 Å². The molecule has 0 saturated carbocycles. The zero-order valence-electron chi connectivity index (χ0n) is 13.6. The molecule has 0 radical (unpaired) electrons. The molecule has 1 aliphatic heterocycles. The van der Waals surface area contributed by atoms with Gasteiger partial charge >= 0.3 is 6.03 Å². The zero-order valence-corrected chi connectivity index (χ0v) is 13.6. The Bertz CT molecular complexity index is 483. The summed E-state index contributed by atoms with van der Waals surface area (Å²) >= 11 is 0. The highest BCUT2D eigenvalue weighted by molar-refractivity contribution is 5.74. The molecule has 0 atom stereocenters. The van der Waals surface area contributed by atoms with Crippen LogP contribution in [-0.2, 0) is 0 Å². The molecule has 2 amide bonds. The standard InChI is InChI=1S/C17H26N2O3/c1-14-7-8-15(16(13-14)21-2)22-12-9-18-17(20)19-10-5-3-4-6-11-19/h7-8,13H,3-6,9-12H2,1-2H3,(H,18,20). The molecule has 1 aromatic carbocycles. The number of likely N-dealkylation sites (tertiary alicyclic amines) is 1. The SMILES string of the molecule is COc1cc(C)ccc1OCCNC(=O)N1CCCCCC1. The molecule has 0 aliphatic carbocycles. The van der Waals surface area contributed by atoms with Crippen LogP contribution < -0.4 is 14.8 Å². The predicted molar refractivity (Wildman–Crippen MR) is 86.7 cm³/mol. The molecule has 1 aromatic rings. The molecule has 22 heavy (non-hydrogen) atoms. The molecule has 0 unspecified atom stereocenters. The van der Waals surface area contributed by atoms with Crippen molar-refractivity contribution >= 4 is 6.03 Å². The van der Waals surface area contributed by atoms with Gasteiger partial charge in [0, 0.05) is 13.1 Å². The number of nitrogens with one attached hydrogen (secondary N) is 1. The summed E-state index contributed by atoms with van der Waals surface area (Å²) in [6, 6.07) is 5.82. The molecule has 1 aliphatic rings. The maximum absolute atomic E-state index is 12.1. The van der Waals surface area contributed by atoms with E-state index < -0.39 is 0 Å². The highest BCUT2D eigenvalue weighted by Gasteiger charge is 2.14. The minimum absolute atomic E-state index is 0.0152. The third-order valence-electron chi connectivity index (χ3n) is 3.85. The van der Waals surface area contributed by atoms with Crippen molar-refractivity contribution in [3.8, 4) is 11.5 Å². The minimum atomic E-state index is 0.0152. The second-order valence-corrected chi connectivity index (χ2v) is 5.64. The van der Waals surface area contributed by atoms with E-state index in [1.165, 1.54) is 12.8 Å². The first kappa shape index (κ1) is 16.5. The van der Waals surface area contributed by atoms with E-state index >= 15 is 0 Å². The number of aryl methyl sites for hydroxylation is 1. The smallest absolute Gasteiger partial charge is 0.317 e. The summed E-state index contributed by atoms with van der Waals surface area (Å²) in [6.07, 6.45) is 4.65. The van der Waals surface area contributed by atoms with Crippen molar-refractivity contribution < 1.29 is 14.3 Å². The average molecular weight is 306 g/mol. The van der Waals surface area contributed by atoms with Crippen molar-refractivity contribution in [1.82, 2.24) is 10.2 Å². The van der Waals surface area contributed by atoms with Gasteiger partial charge in [-0.05, 0) is 37.5 Å². The number of rotatable bonds is 5. The molecule has 5 nitrogen and oxygen atoms in total. The predicted octanol–water partition coefficient (Wildman–Crippen LogP) is 2.97. The maximum Gasteiger partial charge on any atom is 0.317 e. The molecule has 1 saturated heterocycles.